The molecule has 0 saturated heterocycles. The number of phenols is 1. The third kappa shape index (κ3) is 2.14. The number of hydrogen-bond acceptors (Lipinski definition) is 6. The van der Waals surface area contributed by atoms with Gasteiger partial charge in [-0.05, 0) is 0 Å². The standard InChI is InChI=1S/C6H6N2O6S/c7-6-4(9)1-3(8(10)11)2-5(6)15(12,13)14/h1-2,9H,7H2,(H,12,13,14). The second kappa shape index (κ2) is 3.37. The van der Waals surface area contributed by atoms with Crippen molar-refractivity contribution in [3.8, 4) is 5.75 Å². The fourth-order valence-corrected chi connectivity index (χ4v) is 1.57. The first kappa shape index (κ1) is 11.2. The van der Waals surface area contributed by atoms with Gasteiger partial charge in [-0.1, -0.05) is 0 Å². The van der Waals surface area contributed by atoms with E-state index < -0.39 is 37.1 Å². The predicted octanol–water partition coefficient (Wildman–Crippen LogP) is 0.129. The summed E-state index contributed by atoms with van der Waals surface area (Å²) >= 11 is 0. The van der Waals surface area contributed by atoms with Crippen LogP contribution in [0.1, 0.15) is 0 Å². The Balaban J connectivity index is 3.59. The molecule has 1 aromatic carbocycles. The lowest BCUT2D eigenvalue weighted by atomic mass is 10.2. The van der Waals surface area contributed by atoms with Crippen molar-refractivity contribution in [1.29, 1.82) is 0 Å². The SMILES string of the molecule is Nc1c(O)cc([N+](=O)[O-])cc1S(=O)(=O)O. The first-order valence-corrected chi connectivity index (χ1v) is 4.92. The number of hydrogen-bond donors (Lipinski definition) is 3. The Labute approximate surface area is 83.8 Å². The normalized spacial score (nSPS) is 11.3. The van der Waals surface area contributed by atoms with Crippen LogP contribution < -0.4 is 5.73 Å². The largest absolute Gasteiger partial charge is 0.505 e. The van der Waals surface area contributed by atoms with Gasteiger partial charge in [0.2, 0.25) is 0 Å². The van der Waals surface area contributed by atoms with Crippen LogP contribution in [-0.4, -0.2) is 23.0 Å². The highest BCUT2D eigenvalue weighted by molar-refractivity contribution is 7.86. The van der Waals surface area contributed by atoms with E-state index in [0.717, 1.165) is 0 Å². The monoisotopic (exact) mass is 234 g/mol. The second-order valence-corrected chi connectivity index (χ2v) is 4.00. The van der Waals surface area contributed by atoms with Gasteiger partial charge in [-0.2, -0.15) is 8.42 Å². The molecule has 1 aromatic rings. The van der Waals surface area contributed by atoms with Crippen molar-refractivity contribution in [2.24, 2.45) is 0 Å². The molecular weight excluding hydrogens is 228 g/mol. The van der Waals surface area contributed by atoms with Crippen LogP contribution in [0.2, 0.25) is 0 Å². The Morgan fingerprint density at radius 3 is 2.33 bits per heavy atom. The minimum atomic E-state index is -4.70. The number of nitrogen functional groups attached to an aromatic ring is 1. The Bertz CT molecular complexity index is 523. The molecular formula is C6H6N2O6S. The van der Waals surface area contributed by atoms with Crippen LogP contribution >= 0.6 is 0 Å². The number of nitrogens with zero attached hydrogens (tertiary/aromatic N) is 1. The lowest BCUT2D eigenvalue weighted by molar-refractivity contribution is -0.385. The third-order valence-electron chi connectivity index (χ3n) is 1.59. The van der Waals surface area contributed by atoms with Crippen molar-refractivity contribution in [2.75, 3.05) is 5.73 Å². The molecule has 0 bridgehead atoms. The van der Waals surface area contributed by atoms with E-state index in [4.69, 9.17) is 15.4 Å². The van der Waals surface area contributed by atoms with Crippen molar-refractivity contribution in [1.82, 2.24) is 0 Å². The summed E-state index contributed by atoms with van der Waals surface area (Å²) in [5.74, 6) is -0.781. The molecule has 4 N–H and O–H groups in total. The first-order valence-electron chi connectivity index (χ1n) is 3.48. The molecule has 0 aromatic heterocycles. The zero-order valence-corrected chi connectivity index (χ0v) is 7.93. The molecule has 0 fully saturated rings. The number of anilines is 1. The topological polar surface area (TPSA) is 144 Å². The highest BCUT2D eigenvalue weighted by atomic mass is 32.2. The van der Waals surface area contributed by atoms with E-state index in [0.29, 0.717) is 12.1 Å². The molecule has 0 aliphatic carbocycles. The van der Waals surface area contributed by atoms with Crippen LogP contribution in [0.15, 0.2) is 17.0 Å². The number of aromatic hydroxyl groups is 1. The highest BCUT2D eigenvalue weighted by Gasteiger charge is 2.22. The summed E-state index contributed by atoms with van der Waals surface area (Å²) < 4.78 is 30.1. The Morgan fingerprint density at radius 1 is 1.40 bits per heavy atom. The van der Waals surface area contributed by atoms with Crippen LogP contribution in [0, 0.1) is 10.1 Å². The summed E-state index contributed by atoms with van der Waals surface area (Å²) in [6.45, 7) is 0. The Morgan fingerprint density at radius 2 is 1.93 bits per heavy atom. The quantitative estimate of drug-likeness (QED) is 0.217. The van der Waals surface area contributed by atoms with Crippen molar-refractivity contribution < 1.29 is 23.0 Å². The molecule has 8 nitrogen and oxygen atoms in total. The maximum Gasteiger partial charge on any atom is 0.296 e. The van der Waals surface area contributed by atoms with Gasteiger partial charge in [0, 0.05) is 6.07 Å². The Kier molecular flexibility index (Phi) is 2.51. The van der Waals surface area contributed by atoms with E-state index >= 15 is 0 Å². The minimum absolute atomic E-state index is 0.560. The molecule has 0 saturated carbocycles. The van der Waals surface area contributed by atoms with Gasteiger partial charge in [0.1, 0.15) is 10.6 Å². The maximum atomic E-state index is 10.7. The average Bonchev–Trinajstić information content (AvgIpc) is 2.06. The summed E-state index contributed by atoms with van der Waals surface area (Å²) in [6.07, 6.45) is 0. The number of non-ortho nitro benzene ring substituents is 1. The molecule has 15 heavy (non-hydrogen) atoms. The smallest absolute Gasteiger partial charge is 0.296 e. The second-order valence-electron chi connectivity index (χ2n) is 2.61. The first-order chi connectivity index (χ1) is 6.73. The number of rotatable bonds is 2. The van der Waals surface area contributed by atoms with Crippen molar-refractivity contribution >= 4 is 21.5 Å². The summed E-state index contributed by atoms with van der Waals surface area (Å²) in [5, 5.41) is 19.4. The third-order valence-corrected chi connectivity index (χ3v) is 2.49. The van der Waals surface area contributed by atoms with Crippen LogP contribution in [0.4, 0.5) is 11.4 Å². The van der Waals surface area contributed by atoms with Crippen LogP contribution in [0.5, 0.6) is 5.75 Å². The molecule has 0 heterocycles. The number of benzene rings is 1. The van der Waals surface area contributed by atoms with E-state index in [-0.39, 0.29) is 0 Å². The van der Waals surface area contributed by atoms with Gasteiger partial charge in [0.15, 0.2) is 0 Å². The number of nitrogens with two attached hydrogens (primary N) is 1. The van der Waals surface area contributed by atoms with E-state index in [1.54, 1.807) is 0 Å². The molecule has 1 rings (SSSR count). The molecule has 0 radical (unpaired) electrons. The van der Waals surface area contributed by atoms with Gasteiger partial charge >= 0.3 is 0 Å². The molecule has 0 amide bonds. The molecule has 82 valence electrons. The van der Waals surface area contributed by atoms with Gasteiger partial charge in [-0.25, -0.2) is 0 Å². The predicted molar refractivity (Wildman–Crippen MR) is 49.0 cm³/mol. The van der Waals surface area contributed by atoms with E-state index in [9.17, 15) is 18.5 Å². The van der Waals surface area contributed by atoms with Crippen LogP contribution in [-0.2, 0) is 10.1 Å². The molecule has 0 atom stereocenters. The van der Waals surface area contributed by atoms with Crippen LogP contribution in [0.25, 0.3) is 0 Å². The van der Waals surface area contributed by atoms with E-state index in [1.165, 1.54) is 0 Å². The number of phenolic OH excluding ortho intramolecular Hbond substituents is 1. The van der Waals surface area contributed by atoms with Gasteiger partial charge < -0.3 is 10.8 Å². The minimum Gasteiger partial charge on any atom is -0.505 e. The average molecular weight is 234 g/mol. The summed E-state index contributed by atoms with van der Waals surface area (Å²) in [6, 6.07) is 1.24. The van der Waals surface area contributed by atoms with E-state index in [1.807, 2.05) is 0 Å². The molecule has 0 aliphatic heterocycles. The fraction of sp³-hybridized carbons (Fsp3) is 0. The zero-order valence-electron chi connectivity index (χ0n) is 7.11. The highest BCUT2D eigenvalue weighted by Crippen LogP contribution is 2.32. The molecule has 0 spiro atoms. The van der Waals surface area contributed by atoms with Crippen LogP contribution in [0.3, 0.4) is 0 Å². The van der Waals surface area contributed by atoms with Crippen molar-refractivity contribution in [3.05, 3.63) is 22.2 Å². The summed E-state index contributed by atoms with van der Waals surface area (Å²) in [7, 11) is -4.70. The van der Waals surface area contributed by atoms with Gasteiger partial charge in [-0.3, -0.25) is 14.7 Å². The molecule has 0 aliphatic rings. The molecule has 0 unspecified atom stereocenters. The lowest BCUT2D eigenvalue weighted by Gasteiger charge is -2.03. The summed E-state index contributed by atoms with van der Waals surface area (Å²) in [5.41, 5.74) is 3.80. The van der Waals surface area contributed by atoms with Gasteiger partial charge in [-0.15, -0.1) is 0 Å². The number of nitro benzene ring substituents is 1. The Hall–Kier alpha value is -1.87. The maximum absolute atomic E-state index is 10.7. The van der Waals surface area contributed by atoms with Crippen molar-refractivity contribution in [2.45, 2.75) is 4.90 Å². The van der Waals surface area contributed by atoms with Crippen molar-refractivity contribution in [3.63, 3.8) is 0 Å². The van der Waals surface area contributed by atoms with Gasteiger partial charge in [0.05, 0.1) is 16.7 Å². The van der Waals surface area contributed by atoms with E-state index in [2.05, 4.69) is 0 Å². The zero-order chi connectivity index (χ0) is 11.8. The summed E-state index contributed by atoms with van der Waals surface area (Å²) in [4.78, 5) is 8.50. The molecule has 9 heteroatoms. The fourth-order valence-electron chi connectivity index (χ4n) is 0.917. The number of nitro groups is 1. The lowest BCUT2D eigenvalue weighted by Crippen LogP contribution is -2.04. The van der Waals surface area contributed by atoms with Gasteiger partial charge in [0.25, 0.3) is 15.8 Å².